The number of nitrogens with two attached hydrogens (primary N) is 1. The highest BCUT2D eigenvalue weighted by Crippen LogP contribution is 2.31. The van der Waals surface area contributed by atoms with E-state index in [0.29, 0.717) is 0 Å². The number of nitrogens with one attached hydrogen (secondary N) is 2. The van der Waals surface area contributed by atoms with Crippen LogP contribution in [0.1, 0.15) is 27.5 Å². The van der Waals surface area contributed by atoms with E-state index in [0.717, 1.165) is 12.1 Å². The number of amides is 1. The van der Waals surface area contributed by atoms with Gasteiger partial charge in [0.15, 0.2) is 0 Å². The molecule has 0 saturated heterocycles. The molecule has 0 aliphatic heterocycles. The number of methoxy groups -OCH3 is 1. The van der Waals surface area contributed by atoms with Crippen LogP contribution in [0.5, 0.6) is 0 Å². The number of rotatable bonds is 5. The van der Waals surface area contributed by atoms with Gasteiger partial charge in [-0.05, 0) is 17.7 Å². The van der Waals surface area contributed by atoms with Crippen LogP contribution in [-0.4, -0.2) is 29.8 Å². The maximum atomic E-state index is 12.8. The number of alkyl halides is 3. The molecule has 1 atom stereocenters. The van der Waals surface area contributed by atoms with Gasteiger partial charge >= 0.3 is 6.18 Å². The number of ether oxygens (including phenoxy) is 1. The van der Waals surface area contributed by atoms with E-state index in [1.165, 1.54) is 25.4 Å². The molecule has 2 aromatic rings. The predicted octanol–water partition coefficient (Wildman–Crippen LogP) is 2.13. The molecule has 6 nitrogen and oxygen atoms in total. The number of aromatic amines is 1. The second kappa shape index (κ2) is 6.69. The lowest BCUT2D eigenvalue weighted by Gasteiger charge is -2.19. The van der Waals surface area contributed by atoms with Gasteiger partial charge in [-0.1, -0.05) is 12.1 Å². The largest absolute Gasteiger partial charge is 0.416 e. The molecule has 4 N–H and O–H groups in total. The van der Waals surface area contributed by atoms with Crippen LogP contribution in [0.3, 0.4) is 0 Å². The summed E-state index contributed by atoms with van der Waals surface area (Å²) in [4.78, 5) is 12.1. The van der Waals surface area contributed by atoms with Gasteiger partial charge in [0.25, 0.3) is 5.91 Å². The number of hydrogen-bond donors (Lipinski definition) is 3. The third-order valence-corrected chi connectivity index (χ3v) is 3.17. The molecule has 0 bridgehead atoms. The summed E-state index contributed by atoms with van der Waals surface area (Å²) in [5.74, 6) is -0.488. The lowest BCUT2D eigenvalue weighted by molar-refractivity contribution is -0.137. The summed E-state index contributed by atoms with van der Waals surface area (Å²) in [5.41, 5.74) is 5.14. The first-order valence-electron chi connectivity index (χ1n) is 6.58. The molecule has 124 valence electrons. The van der Waals surface area contributed by atoms with Crippen LogP contribution in [0.15, 0.2) is 30.5 Å². The fourth-order valence-corrected chi connectivity index (χ4v) is 2.03. The molecule has 0 spiro atoms. The first-order chi connectivity index (χ1) is 10.8. The maximum Gasteiger partial charge on any atom is 0.416 e. The quantitative estimate of drug-likeness (QED) is 0.784. The second-order valence-electron chi connectivity index (χ2n) is 4.80. The lowest BCUT2D eigenvalue weighted by atomic mass is 10.0. The summed E-state index contributed by atoms with van der Waals surface area (Å²) in [5, 5.41) is 8.62. The Morgan fingerprint density at radius 3 is 2.78 bits per heavy atom. The highest BCUT2D eigenvalue weighted by Gasteiger charge is 2.31. The van der Waals surface area contributed by atoms with Crippen molar-refractivity contribution < 1.29 is 22.7 Å². The molecule has 9 heteroatoms. The van der Waals surface area contributed by atoms with Gasteiger partial charge in [0, 0.05) is 7.11 Å². The van der Waals surface area contributed by atoms with Crippen molar-refractivity contribution in [1.82, 2.24) is 15.5 Å². The van der Waals surface area contributed by atoms with Gasteiger partial charge < -0.3 is 15.8 Å². The van der Waals surface area contributed by atoms with E-state index in [1.807, 2.05) is 0 Å². The molecule has 0 fully saturated rings. The van der Waals surface area contributed by atoms with Gasteiger partial charge in [0.1, 0.15) is 11.4 Å². The molecular formula is C14H15F3N4O2. The Morgan fingerprint density at radius 1 is 1.48 bits per heavy atom. The van der Waals surface area contributed by atoms with Crippen molar-refractivity contribution in [3.05, 3.63) is 47.2 Å². The highest BCUT2D eigenvalue weighted by molar-refractivity contribution is 5.98. The predicted molar refractivity (Wildman–Crippen MR) is 76.5 cm³/mol. The number of nitrogens with zero attached hydrogens (tertiary/aromatic N) is 1. The topological polar surface area (TPSA) is 93.0 Å². The molecule has 1 amide bonds. The maximum absolute atomic E-state index is 12.8. The van der Waals surface area contributed by atoms with Crippen molar-refractivity contribution in [2.75, 3.05) is 19.5 Å². The van der Waals surface area contributed by atoms with Crippen LogP contribution < -0.4 is 11.1 Å². The van der Waals surface area contributed by atoms with Gasteiger partial charge in [-0.2, -0.15) is 18.3 Å². The average molecular weight is 328 g/mol. The Hall–Kier alpha value is -2.55. The number of halogens is 3. The van der Waals surface area contributed by atoms with Gasteiger partial charge in [-0.15, -0.1) is 0 Å². The third-order valence-electron chi connectivity index (χ3n) is 3.17. The SMILES string of the molecule is COCC(NC(=O)c1cn[nH]c1N)c1cccc(C(F)(F)F)c1. The first-order valence-corrected chi connectivity index (χ1v) is 6.58. The van der Waals surface area contributed by atoms with Gasteiger partial charge in [0.2, 0.25) is 0 Å². The van der Waals surface area contributed by atoms with Crippen LogP contribution in [0.25, 0.3) is 0 Å². The fourth-order valence-electron chi connectivity index (χ4n) is 2.03. The van der Waals surface area contributed by atoms with Crippen molar-refractivity contribution in [2.24, 2.45) is 0 Å². The van der Waals surface area contributed by atoms with Crippen molar-refractivity contribution >= 4 is 11.7 Å². The fraction of sp³-hybridized carbons (Fsp3) is 0.286. The Kier molecular flexibility index (Phi) is 4.89. The number of carbonyl (C=O) groups is 1. The zero-order valence-electron chi connectivity index (χ0n) is 12.1. The minimum Gasteiger partial charge on any atom is -0.383 e. The summed E-state index contributed by atoms with van der Waals surface area (Å²) in [6.45, 7) is 0.00477. The molecule has 2 rings (SSSR count). The smallest absolute Gasteiger partial charge is 0.383 e. The van der Waals surface area contributed by atoms with E-state index in [-0.39, 0.29) is 23.6 Å². The van der Waals surface area contributed by atoms with Crippen molar-refractivity contribution in [2.45, 2.75) is 12.2 Å². The van der Waals surface area contributed by atoms with E-state index < -0.39 is 23.7 Å². The van der Waals surface area contributed by atoms with Crippen LogP contribution in [0, 0.1) is 0 Å². The monoisotopic (exact) mass is 328 g/mol. The molecule has 1 aromatic carbocycles. The minimum absolute atomic E-state index is 0.00477. The normalized spacial score (nSPS) is 12.9. The molecular weight excluding hydrogens is 313 g/mol. The molecule has 1 aromatic heterocycles. The lowest BCUT2D eigenvalue weighted by Crippen LogP contribution is -2.31. The summed E-state index contributed by atoms with van der Waals surface area (Å²) < 4.78 is 43.4. The van der Waals surface area contributed by atoms with Crippen LogP contribution in [0.2, 0.25) is 0 Å². The Bertz CT molecular complexity index is 685. The molecule has 0 aliphatic rings. The Balaban J connectivity index is 2.25. The number of H-pyrrole nitrogens is 1. The van der Waals surface area contributed by atoms with E-state index in [2.05, 4.69) is 15.5 Å². The van der Waals surface area contributed by atoms with E-state index in [4.69, 9.17) is 10.5 Å². The number of aromatic nitrogens is 2. The summed E-state index contributed by atoms with van der Waals surface area (Å²) in [6, 6.07) is 3.94. The molecule has 1 unspecified atom stereocenters. The molecule has 0 saturated carbocycles. The zero-order chi connectivity index (χ0) is 17.0. The van der Waals surface area contributed by atoms with Crippen LogP contribution >= 0.6 is 0 Å². The van der Waals surface area contributed by atoms with Gasteiger partial charge in [-0.25, -0.2) is 0 Å². The Labute approximate surface area is 129 Å². The molecule has 1 heterocycles. The van der Waals surface area contributed by atoms with E-state index in [1.54, 1.807) is 0 Å². The second-order valence-corrected chi connectivity index (χ2v) is 4.80. The molecule has 0 aliphatic carbocycles. The van der Waals surface area contributed by atoms with Crippen molar-refractivity contribution in [3.8, 4) is 0 Å². The van der Waals surface area contributed by atoms with Crippen LogP contribution in [-0.2, 0) is 10.9 Å². The van der Waals surface area contributed by atoms with E-state index >= 15 is 0 Å². The highest BCUT2D eigenvalue weighted by atomic mass is 19.4. The third kappa shape index (κ3) is 4.01. The van der Waals surface area contributed by atoms with Crippen molar-refractivity contribution in [1.29, 1.82) is 0 Å². The number of carbonyl (C=O) groups excluding carboxylic acids is 1. The van der Waals surface area contributed by atoms with E-state index in [9.17, 15) is 18.0 Å². The standard InChI is InChI=1S/C14H15F3N4O2/c1-23-7-11(20-13(22)10-6-19-21-12(10)18)8-3-2-4-9(5-8)14(15,16)17/h2-6,11H,7H2,1H3,(H,20,22)(H3,18,19,21). The summed E-state index contributed by atoms with van der Waals surface area (Å²) in [6.07, 6.45) is -3.23. The molecule has 0 radical (unpaired) electrons. The molecule has 23 heavy (non-hydrogen) atoms. The number of hydrogen-bond acceptors (Lipinski definition) is 4. The number of benzene rings is 1. The average Bonchev–Trinajstić information content (AvgIpc) is 2.92. The van der Waals surface area contributed by atoms with Crippen LogP contribution in [0.4, 0.5) is 19.0 Å². The van der Waals surface area contributed by atoms with Gasteiger partial charge in [0.05, 0.1) is 24.4 Å². The summed E-state index contributed by atoms with van der Waals surface area (Å²) in [7, 11) is 1.39. The zero-order valence-corrected chi connectivity index (χ0v) is 12.1. The minimum atomic E-state index is -4.47. The Morgan fingerprint density at radius 2 is 2.22 bits per heavy atom. The number of anilines is 1. The number of nitrogen functional groups attached to an aromatic ring is 1. The first kappa shape index (κ1) is 16.8. The summed E-state index contributed by atoms with van der Waals surface area (Å²) >= 11 is 0. The van der Waals surface area contributed by atoms with Gasteiger partial charge in [-0.3, -0.25) is 9.89 Å². The van der Waals surface area contributed by atoms with Crippen molar-refractivity contribution in [3.63, 3.8) is 0 Å².